The van der Waals surface area contributed by atoms with E-state index in [-0.39, 0.29) is 46.2 Å². The first kappa shape index (κ1) is 40.3. The molecular formula is C37H76N10. The number of unbranched alkanes of at least 4 members (excludes halogenated alkanes) is 2. The molecule has 2 unspecified atom stereocenters. The largest absolute Gasteiger partial charge is 0.330 e. The molecule has 0 aromatic rings. The molecule has 10 heteroatoms. The topological polar surface area (TPSA) is 137 Å². The van der Waals surface area contributed by atoms with E-state index in [4.69, 9.17) is 27.3 Å². The molecular weight excluding hydrogens is 584 g/mol. The van der Waals surface area contributed by atoms with Crippen LogP contribution in [0.25, 0.3) is 0 Å². The molecule has 274 valence electrons. The van der Waals surface area contributed by atoms with Crippen LogP contribution >= 0.6 is 0 Å². The van der Waals surface area contributed by atoms with Gasteiger partial charge < -0.3 is 22.1 Å². The van der Waals surface area contributed by atoms with Crippen molar-refractivity contribution in [2.45, 2.75) is 168 Å². The number of likely N-dealkylation sites (tertiary alicyclic amines) is 2. The van der Waals surface area contributed by atoms with Crippen molar-refractivity contribution >= 4 is 11.7 Å². The Morgan fingerprint density at radius 2 is 1.19 bits per heavy atom. The molecule has 0 amide bonds. The molecule has 0 aromatic carbocycles. The summed E-state index contributed by atoms with van der Waals surface area (Å²) < 4.78 is 0. The van der Waals surface area contributed by atoms with Gasteiger partial charge in [-0.2, -0.15) is 0 Å². The molecule has 0 aliphatic carbocycles. The summed E-state index contributed by atoms with van der Waals surface area (Å²) in [5.41, 5.74) is 12.8. The summed E-state index contributed by atoms with van der Waals surface area (Å²) in [6.07, 6.45) is 10.4. The first-order valence-electron chi connectivity index (χ1n) is 19.1. The van der Waals surface area contributed by atoms with Gasteiger partial charge in [-0.1, -0.05) is 26.7 Å². The van der Waals surface area contributed by atoms with Crippen molar-refractivity contribution in [2.75, 3.05) is 45.8 Å². The molecule has 10 nitrogen and oxygen atoms in total. The number of hydrogen-bond donors (Lipinski definition) is 5. The van der Waals surface area contributed by atoms with Crippen LogP contribution in [0.2, 0.25) is 0 Å². The summed E-state index contributed by atoms with van der Waals surface area (Å²) in [4.78, 5) is 16.3. The van der Waals surface area contributed by atoms with E-state index < -0.39 is 0 Å². The average Bonchev–Trinajstić information content (AvgIpc) is 2.96. The summed E-state index contributed by atoms with van der Waals surface area (Å²) in [7, 11) is 0. The van der Waals surface area contributed by atoms with E-state index in [0.717, 1.165) is 96.0 Å². The minimum atomic E-state index is -0.323. The van der Waals surface area contributed by atoms with E-state index >= 15 is 0 Å². The molecule has 0 spiro atoms. The Morgan fingerprint density at radius 1 is 0.723 bits per heavy atom. The molecule has 0 bridgehead atoms. The highest BCUT2D eigenvalue weighted by atomic mass is 15.5. The van der Waals surface area contributed by atoms with Crippen molar-refractivity contribution in [1.82, 2.24) is 25.4 Å². The number of hydrazine groups is 1. The summed E-state index contributed by atoms with van der Waals surface area (Å²) >= 11 is 0. The van der Waals surface area contributed by atoms with Gasteiger partial charge in [0.1, 0.15) is 11.7 Å². The fourth-order valence-electron chi connectivity index (χ4n) is 9.25. The predicted octanol–water partition coefficient (Wildman–Crippen LogP) is 4.68. The lowest BCUT2D eigenvalue weighted by molar-refractivity contribution is -0.0421. The molecule has 0 saturated carbocycles. The second-order valence-corrected chi connectivity index (χ2v) is 17.3. The fourth-order valence-corrected chi connectivity index (χ4v) is 9.25. The Kier molecular flexibility index (Phi) is 14.7. The number of piperidine rings is 2. The zero-order valence-electron chi connectivity index (χ0n) is 32.3. The van der Waals surface area contributed by atoms with Gasteiger partial charge in [-0.15, -0.1) is 0 Å². The molecule has 2 atom stereocenters. The predicted molar refractivity (Wildman–Crippen MR) is 202 cm³/mol. The van der Waals surface area contributed by atoms with E-state index in [0.29, 0.717) is 0 Å². The highest BCUT2D eigenvalue weighted by Gasteiger charge is 2.50. The maximum atomic E-state index is 7.07. The standard InChI is InChI=1S/C37H76N10/c1-11-13-22-45-34(3,4)24-28(25-35(45,5)6)31-43-32(29-26-36(7,8)46(23-14-12-2)37(9,10)27-29)47(40)33(44-31)30(39)16-19-42-21-20-41-18-15-17-38/h28-30,33,41-42H,11-27,38-40H2,1-10H3. The van der Waals surface area contributed by atoms with Gasteiger partial charge in [-0.25, -0.2) is 15.8 Å². The van der Waals surface area contributed by atoms with Gasteiger partial charge in [0.2, 0.25) is 0 Å². The number of nitrogens with zero attached hydrogens (tertiary/aromatic N) is 5. The highest BCUT2D eigenvalue weighted by molar-refractivity contribution is 6.01. The van der Waals surface area contributed by atoms with Gasteiger partial charge >= 0.3 is 0 Å². The third-order valence-corrected chi connectivity index (χ3v) is 11.2. The minimum Gasteiger partial charge on any atom is -0.330 e. The number of nitrogens with one attached hydrogen (secondary N) is 2. The van der Waals surface area contributed by atoms with Crippen LogP contribution in [0, 0.1) is 11.8 Å². The molecule has 2 saturated heterocycles. The zero-order valence-corrected chi connectivity index (χ0v) is 32.3. The van der Waals surface area contributed by atoms with Crippen LogP contribution in [0.5, 0.6) is 0 Å². The van der Waals surface area contributed by atoms with Gasteiger partial charge in [-0.05, 0) is 139 Å². The molecule has 3 heterocycles. The Hall–Kier alpha value is -1.14. The van der Waals surface area contributed by atoms with Crippen molar-refractivity contribution < 1.29 is 0 Å². The molecule has 2 fully saturated rings. The number of aliphatic imine (C=N–C) groups is 2. The van der Waals surface area contributed by atoms with Crippen LogP contribution in [-0.2, 0) is 0 Å². The summed E-state index contributed by atoms with van der Waals surface area (Å²) in [5, 5.41) is 8.87. The van der Waals surface area contributed by atoms with Crippen molar-refractivity contribution in [2.24, 2.45) is 39.1 Å². The quantitative estimate of drug-likeness (QED) is 0.106. The SMILES string of the molecule is CCCCN1C(C)(C)CC(C2=NC(C(N)CCNCCNCCCN)N(N)C(C3CC(C)(C)N(CCCC)C(C)(C)C3)=N2)CC1(C)C. The number of nitrogens with two attached hydrogens (primary N) is 3. The lowest BCUT2D eigenvalue weighted by Crippen LogP contribution is -2.65. The lowest BCUT2D eigenvalue weighted by Gasteiger charge is -2.57. The molecule has 3 aliphatic rings. The molecule has 3 rings (SSSR count). The second-order valence-electron chi connectivity index (χ2n) is 17.3. The van der Waals surface area contributed by atoms with Crippen LogP contribution in [0.1, 0.15) is 133 Å². The van der Waals surface area contributed by atoms with Crippen molar-refractivity contribution in [1.29, 1.82) is 0 Å². The Bertz CT molecular complexity index is 983. The first-order valence-corrected chi connectivity index (χ1v) is 19.1. The summed E-state index contributed by atoms with van der Waals surface area (Å²) in [5.74, 6) is 9.54. The maximum absolute atomic E-state index is 7.07. The van der Waals surface area contributed by atoms with Gasteiger partial charge in [0.15, 0.2) is 6.17 Å². The summed E-state index contributed by atoms with van der Waals surface area (Å²) in [6.45, 7) is 30.4. The van der Waals surface area contributed by atoms with Gasteiger partial charge in [0, 0.05) is 53.1 Å². The molecule has 3 aliphatic heterocycles. The van der Waals surface area contributed by atoms with Crippen LogP contribution in [0.4, 0.5) is 0 Å². The van der Waals surface area contributed by atoms with Crippen LogP contribution in [0.3, 0.4) is 0 Å². The third-order valence-electron chi connectivity index (χ3n) is 11.2. The smallest absolute Gasteiger partial charge is 0.153 e. The monoisotopic (exact) mass is 661 g/mol. The average molecular weight is 661 g/mol. The molecule has 8 N–H and O–H groups in total. The van der Waals surface area contributed by atoms with E-state index in [2.05, 4.69) is 89.7 Å². The Balaban J connectivity index is 1.89. The highest BCUT2D eigenvalue weighted by Crippen LogP contribution is 2.45. The van der Waals surface area contributed by atoms with E-state index in [9.17, 15) is 0 Å². The number of amidine groups is 2. The van der Waals surface area contributed by atoms with Crippen LogP contribution < -0.4 is 27.9 Å². The molecule has 0 aromatic heterocycles. The second kappa shape index (κ2) is 17.2. The van der Waals surface area contributed by atoms with Gasteiger partial charge in [0.25, 0.3) is 0 Å². The Morgan fingerprint density at radius 3 is 1.66 bits per heavy atom. The van der Waals surface area contributed by atoms with E-state index in [1.54, 1.807) is 0 Å². The number of rotatable bonds is 18. The minimum absolute atomic E-state index is 0.0357. The zero-order chi connectivity index (χ0) is 35.0. The van der Waals surface area contributed by atoms with Gasteiger partial charge in [-0.3, -0.25) is 14.8 Å². The molecule has 0 radical (unpaired) electrons. The van der Waals surface area contributed by atoms with Gasteiger partial charge in [0.05, 0.1) is 0 Å². The normalized spacial score (nSPS) is 25.9. The third kappa shape index (κ3) is 10.4. The Labute approximate surface area is 289 Å². The maximum Gasteiger partial charge on any atom is 0.153 e. The van der Waals surface area contributed by atoms with Crippen LogP contribution in [0.15, 0.2) is 9.98 Å². The lowest BCUT2D eigenvalue weighted by atomic mass is 9.72. The number of hydrogen-bond acceptors (Lipinski definition) is 10. The van der Waals surface area contributed by atoms with Crippen molar-refractivity contribution in [3.05, 3.63) is 0 Å². The fraction of sp³-hybridized carbons (Fsp3) is 0.946. The first-order chi connectivity index (χ1) is 22.0. The summed E-state index contributed by atoms with van der Waals surface area (Å²) in [6, 6.07) is -0.200. The molecule has 47 heavy (non-hydrogen) atoms. The van der Waals surface area contributed by atoms with Crippen LogP contribution in [-0.4, -0.2) is 107 Å². The van der Waals surface area contributed by atoms with Crippen molar-refractivity contribution in [3.63, 3.8) is 0 Å². The van der Waals surface area contributed by atoms with E-state index in [1.807, 2.05) is 5.01 Å². The van der Waals surface area contributed by atoms with Crippen molar-refractivity contribution in [3.8, 4) is 0 Å². The van der Waals surface area contributed by atoms with E-state index in [1.165, 1.54) is 25.7 Å².